The fourth-order valence-corrected chi connectivity index (χ4v) is 7.40. The third kappa shape index (κ3) is 3.77. The van der Waals surface area contributed by atoms with E-state index in [9.17, 15) is 29.1 Å². The molecule has 7 rings (SSSR count). The van der Waals surface area contributed by atoms with Gasteiger partial charge in [0.15, 0.2) is 11.2 Å². The van der Waals surface area contributed by atoms with Crippen molar-refractivity contribution in [3.63, 3.8) is 0 Å². The number of nitrogens with zero attached hydrogens (tertiary/aromatic N) is 6. The quantitative estimate of drug-likeness (QED) is 0.222. The van der Waals surface area contributed by atoms with Gasteiger partial charge in [-0.15, -0.1) is 11.3 Å². The molecule has 0 aliphatic carbocycles. The number of H-pyrrole nitrogens is 1. The maximum atomic E-state index is 14.1. The molecule has 220 valence electrons. The normalized spacial score (nSPS) is 23.6. The summed E-state index contributed by atoms with van der Waals surface area (Å²) in [5, 5.41) is 17.0. The molecule has 0 spiro atoms. The number of hydrogen-bond acceptors (Lipinski definition) is 9. The summed E-state index contributed by atoms with van der Waals surface area (Å²) in [6.45, 7) is -0.0891. The molecule has 3 N–H and O–H groups in total. The molecule has 2 aliphatic heterocycles. The molecule has 4 atom stereocenters. The van der Waals surface area contributed by atoms with Crippen molar-refractivity contribution in [2.45, 2.75) is 24.5 Å². The summed E-state index contributed by atoms with van der Waals surface area (Å²) in [5.41, 5.74) is -0.996. The predicted molar refractivity (Wildman–Crippen MR) is 154 cm³/mol. The van der Waals surface area contributed by atoms with Gasteiger partial charge in [0.05, 0.1) is 24.2 Å². The minimum Gasteiger partial charge on any atom is -0.480 e. The zero-order valence-corrected chi connectivity index (χ0v) is 23.9. The van der Waals surface area contributed by atoms with Gasteiger partial charge in [-0.05, 0) is 11.6 Å². The summed E-state index contributed by atoms with van der Waals surface area (Å²) in [6.07, 6.45) is 4.65. The molecule has 43 heavy (non-hydrogen) atoms. The van der Waals surface area contributed by atoms with Gasteiger partial charge in [0, 0.05) is 62.3 Å². The molecule has 2 saturated heterocycles. The Morgan fingerprint density at radius 1 is 1.07 bits per heavy atom. The lowest BCUT2D eigenvalue weighted by atomic mass is 9.76. The van der Waals surface area contributed by atoms with Gasteiger partial charge in [-0.25, -0.2) is 14.8 Å². The van der Waals surface area contributed by atoms with Crippen molar-refractivity contribution >= 4 is 51.2 Å². The van der Waals surface area contributed by atoms with E-state index in [4.69, 9.17) is 0 Å². The van der Waals surface area contributed by atoms with Gasteiger partial charge in [-0.3, -0.25) is 38.5 Å². The minimum absolute atomic E-state index is 0.0265. The summed E-state index contributed by atoms with van der Waals surface area (Å²) in [5.74, 6) is -4.54. The smallest absolute Gasteiger partial charge is 0.332 e. The lowest BCUT2D eigenvalue weighted by Crippen LogP contribution is -2.57. The number of nitrogens with one attached hydrogen (secondary N) is 2. The number of carboxylic acids is 1. The molecule has 4 unspecified atom stereocenters. The van der Waals surface area contributed by atoms with Crippen LogP contribution in [0.25, 0.3) is 22.1 Å². The van der Waals surface area contributed by atoms with E-state index in [2.05, 4.69) is 20.3 Å². The molecule has 0 radical (unpaired) electrons. The fraction of sp³-hybridized carbons (Fsp3) is 0.321. The zero-order chi connectivity index (χ0) is 30.2. The van der Waals surface area contributed by atoms with Crippen LogP contribution in [0.3, 0.4) is 0 Å². The number of carbonyl (C=O) groups excluding carboxylic acids is 2. The average Bonchev–Trinajstić information content (AvgIpc) is 3.82. The van der Waals surface area contributed by atoms with E-state index in [1.165, 1.54) is 40.9 Å². The summed E-state index contributed by atoms with van der Waals surface area (Å²) in [4.78, 5) is 79.3. The second-order valence-electron chi connectivity index (χ2n) is 11.0. The van der Waals surface area contributed by atoms with E-state index in [1.807, 2.05) is 24.3 Å². The molecule has 6 heterocycles. The molecule has 2 fully saturated rings. The van der Waals surface area contributed by atoms with Crippen LogP contribution in [0.2, 0.25) is 0 Å². The van der Waals surface area contributed by atoms with Gasteiger partial charge in [0.2, 0.25) is 11.8 Å². The zero-order valence-electron chi connectivity index (χ0n) is 23.1. The summed E-state index contributed by atoms with van der Waals surface area (Å²) in [6, 6.07) is 6.70. The molecular weight excluding hydrogens is 576 g/mol. The second kappa shape index (κ2) is 9.57. The number of aryl methyl sites for hydroxylation is 1. The number of carboxylic acid groups (broad SMARTS) is 1. The average molecular weight is 603 g/mol. The number of imide groups is 1. The Hall–Kier alpha value is -4.89. The molecule has 2 amide bonds. The Kier molecular flexibility index (Phi) is 6.00. The largest absolute Gasteiger partial charge is 0.480 e. The Bertz CT molecular complexity index is 2070. The van der Waals surface area contributed by atoms with Crippen LogP contribution >= 0.6 is 11.3 Å². The second-order valence-corrected chi connectivity index (χ2v) is 11.9. The highest BCUT2D eigenvalue weighted by Gasteiger charge is 2.68. The Balaban J connectivity index is 1.27. The number of imidazole rings is 1. The van der Waals surface area contributed by atoms with Crippen LogP contribution in [0.15, 0.2) is 58.0 Å². The summed E-state index contributed by atoms with van der Waals surface area (Å²) < 4.78 is 3.71. The van der Waals surface area contributed by atoms with Gasteiger partial charge in [-0.1, -0.05) is 18.2 Å². The minimum atomic E-state index is -1.79. The first-order chi connectivity index (χ1) is 20.6. The number of amides is 2. The molecule has 4 aromatic heterocycles. The van der Waals surface area contributed by atoms with Crippen LogP contribution in [-0.2, 0) is 41.4 Å². The van der Waals surface area contributed by atoms with Crippen molar-refractivity contribution in [1.29, 1.82) is 0 Å². The van der Waals surface area contributed by atoms with Crippen molar-refractivity contribution in [2.75, 3.05) is 6.54 Å². The molecule has 1 aromatic carbocycles. The maximum absolute atomic E-state index is 14.1. The number of aromatic nitrogens is 6. The van der Waals surface area contributed by atoms with Crippen molar-refractivity contribution in [2.24, 2.45) is 25.9 Å². The molecule has 14 nitrogen and oxygen atoms in total. The highest BCUT2D eigenvalue weighted by molar-refractivity contribution is 7.09. The van der Waals surface area contributed by atoms with Gasteiger partial charge in [0.25, 0.3) is 5.56 Å². The van der Waals surface area contributed by atoms with Crippen LogP contribution in [0.1, 0.15) is 16.6 Å². The first-order valence-electron chi connectivity index (χ1n) is 13.6. The number of rotatable bonds is 7. The third-order valence-corrected chi connectivity index (χ3v) is 9.63. The highest BCUT2D eigenvalue weighted by atomic mass is 32.1. The van der Waals surface area contributed by atoms with Crippen molar-refractivity contribution in [3.8, 4) is 0 Å². The molecule has 0 bridgehead atoms. The standard InChI is InChI=1S/C28H26N8O6S/c1-33-21-20(25(39)34(2)27(33)42)35(13-31-21)8-9-36-23(37)17-18(24(36)38)28(26(40)41,32-19(17)22-29-7-10-43-22)11-14-12-30-16-6-4-3-5-15(14)16/h3-7,10,12-13,17-19,30,32H,8-9,11H2,1-2H3,(H,40,41). The number of hydrogen-bond donors (Lipinski definition) is 3. The van der Waals surface area contributed by atoms with Crippen LogP contribution in [-0.4, -0.2) is 68.5 Å². The molecule has 0 saturated carbocycles. The van der Waals surface area contributed by atoms with E-state index in [0.29, 0.717) is 10.6 Å². The molecule has 2 aliphatic rings. The number of benzene rings is 1. The van der Waals surface area contributed by atoms with E-state index in [0.717, 1.165) is 20.4 Å². The topological polar surface area (TPSA) is 177 Å². The van der Waals surface area contributed by atoms with Gasteiger partial charge in [0.1, 0.15) is 10.5 Å². The van der Waals surface area contributed by atoms with Crippen molar-refractivity contribution in [1.82, 2.24) is 38.9 Å². The SMILES string of the molecule is Cn1c(=O)c2c(ncn2CCN2C(=O)C3C(c4nccs4)NC(Cc4c[nH]c5ccccc45)(C(=O)O)C3C2=O)n(C)c1=O. The van der Waals surface area contributed by atoms with Crippen molar-refractivity contribution < 1.29 is 19.5 Å². The number of thiazole rings is 1. The lowest BCUT2D eigenvalue weighted by molar-refractivity contribution is -0.151. The predicted octanol–water partition coefficient (Wildman–Crippen LogP) is 0.383. The first kappa shape index (κ1) is 27.0. The lowest BCUT2D eigenvalue weighted by Gasteiger charge is -2.31. The number of likely N-dealkylation sites (tertiary alicyclic amines) is 1. The number of fused-ring (bicyclic) bond motifs is 3. The summed E-state index contributed by atoms with van der Waals surface area (Å²) in [7, 11) is 2.86. The van der Waals surface area contributed by atoms with E-state index in [-0.39, 0.29) is 30.7 Å². The summed E-state index contributed by atoms with van der Waals surface area (Å²) >= 11 is 1.28. The van der Waals surface area contributed by atoms with Crippen LogP contribution in [0.5, 0.6) is 0 Å². The van der Waals surface area contributed by atoms with Gasteiger partial charge >= 0.3 is 11.7 Å². The number of para-hydroxylation sites is 1. The van der Waals surface area contributed by atoms with Gasteiger partial charge in [-0.2, -0.15) is 0 Å². The monoisotopic (exact) mass is 602 g/mol. The number of aliphatic carboxylic acids is 1. The molecular formula is C28H26N8O6S. The van der Waals surface area contributed by atoms with Crippen LogP contribution in [0.4, 0.5) is 0 Å². The number of aromatic amines is 1. The Morgan fingerprint density at radius 2 is 1.86 bits per heavy atom. The number of carbonyl (C=O) groups is 3. The highest BCUT2D eigenvalue weighted by Crippen LogP contribution is 2.50. The first-order valence-corrected chi connectivity index (χ1v) is 14.4. The van der Waals surface area contributed by atoms with Crippen LogP contribution < -0.4 is 16.6 Å². The van der Waals surface area contributed by atoms with Crippen LogP contribution in [0, 0.1) is 11.8 Å². The Labute approximate surface area is 246 Å². The van der Waals surface area contributed by atoms with E-state index < -0.39 is 52.4 Å². The van der Waals surface area contributed by atoms with E-state index in [1.54, 1.807) is 17.8 Å². The fourth-order valence-electron chi connectivity index (χ4n) is 6.67. The van der Waals surface area contributed by atoms with Crippen molar-refractivity contribution in [3.05, 3.63) is 79.8 Å². The Morgan fingerprint density at radius 3 is 2.60 bits per heavy atom. The third-order valence-electron chi connectivity index (χ3n) is 8.77. The molecule has 5 aromatic rings. The van der Waals surface area contributed by atoms with Gasteiger partial charge < -0.3 is 14.7 Å². The maximum Gasteiger partial charge on any atom is 0.332 e. The molecule has 15 heteroatoms. The van der Waals surface area contributed by atoms with E-state index >= 15 is 0 Å².